The van der Waals surface area contributed by atoms with Gasteiger partial charge in [0, 0.05) is 29.5 Å². The summed E-state index contributed by atoms with van der Waals surface area (Å²) < 4.78 is 13.3. The number of halogens is 1. The Hall–Kier alpha value is -1.68. The number of imidazole rings is 1. The van der Waals surface area contributed by atoms with Gasteiger partial charge in [-0.05, 0) is 45.4 Å². The Morgan fingerprint density at radius 3 is 2.74 bits per heavy atom. The molecule has 102 valence electrons. The van der Waals surface area contributed by atoms with E-state index in [1.165, 1.54) is 12.1 Å². The summed E-state index contributed by atoms with van der Waals surface area (Å²) in [6, 6.07) is 4.74. The highest BCUT2D eigenvalue weighted by Crippen LogP contribution is 2.21. The molecular formula is C15H20FN3. The molecule has 3 nitrogen and oxygen atoms in total. The minimum Gasteiger partial charge on any atom is -0.341 e. The van der Waals surface area contributed by atoms with E-state index in [4.69, 9.17) is 0 Å². The van der Waals surface area contributed by atoms with E-state index in [-0.39, 0.29) is 11.4 Å². The summed E-state index contributed by atoms with van der Waals surface area (Å²) in [7, 11) is 0. The van der Waals surface area contributed by atoms with Crippen molar-refractivity contribution in [1.82, 2.24) is 15.3 Å². The highest BCUT2D eigenvalue weighted by Gasteiger charge is 2.11. The molecule has 1 aromatic carbocycles. The first kappa shape index (κ1) is 13.7. The molecule has 0 aliphatic rings. The molecule has 1 aromatic heterocycles. The zero-order valence-corrected chi connectivity index (χ0v) is 11.8. The lowest BCUT2D eigenvalue weighted by molar-refractivity contribution is 0.422. The molecule has 0 saturated heterocycles. The molecular weight excluding hydrogens is 241 g/mol. The minimum atomic E-state index is -0.244. The van der Waals surface area contributed by atoms with Crippen LogP contribution in [0, 0.1) is 12.7 Å². The van der Waals surface area contributed by atoms with Crippen molar-refractivity contribution < 1.29 is 4.39 Å². The predicted octanol–water partition coefficient (Wildman–Crippen LogP) is 3.41. The number of aromatic amines is 1. The molecule has 2 aromatic rings. The first-order valence-electron chi connectivity index (χ1n) is 6.40. The van der Waals surface area contributed by atoms with Crippen LogP contribution >= 0.6 is 0 Å². The summed E-state index contributed by atoms with van der Waals surface area (Å²) >= 11 is 0. The minimum absolute atomic E-state index is 0.0556. The number of rotatable bonds is 3. The summed E-state index contributed by atoms with van der Waals surface area (Å²) in [6.07, 6.45) is 1.79. The van der Waals surface area contributed by atoms with E-state index in [2.05, 4.69) is 36.1 Å². The molecule has 0 saturated carbocycles. The number of nitrogens with one attached hydrogen (secondary N) is 2. The summed E-state index contributed by atoms with van der Waals surface area (Å²) in [5, 5.41) is 3.38. The highest BCUT2D eigenvalue weighted by molar-refractivity contribution is 5.60. The van der Waals surface area contributed by atoms with Crippen LogP contribution in [-0.2, 0) is 6.54 Å². The maximum Gasteiger partial charge on any atom is 0.137 e. The van der Waals surface area contributed by atoms with Crippen molar-refractivity contribution in [3.8, 4) is 11.4 Å². The lowest BCUT2D eigenvalue weighted by Crippen LogP contribution is -2.35. The molecule has 1 heterocycles. The second-order valence-corrected chi connectivity index (χ2v) is 5.82. The molecule has 0 aliphatic carbocycles. The lowest BCUT2D eigenvalue weighted by Gasteiger charge is -2.19. The van der Waals surface area contributed by atoms with Gasteiger partial charge in [0.15, 0.2) is 0 Å². The summed E-state index contributed by atoms with van der Waals surface area (Å²) in [4.78, 5) is 7.56. The van der Waals surface area contributed by atoms with Gasteiger partial charge in [-0.1, -0.05) is 6.07 Å². The Labute approximate surface area is 113 Å². The normalized spacial score (nSPS) is 11.8. The van der Waals surface area contributed by atoms with E-state index in [1.807, 2.05) is 6.92 Å². The topological polar surface area (TPSA) is 40.7 Å². The van der Waals surface area contributed by atoms with Gasteiger partial charge in [0.2, 0.25) is 0 Å². The van der Waals surface area contributed by atoms with Crippen LogP contribution in [-0.4, -0.2) is 15.5 Å². The van der Waals surface area contributed by atoms with Gasteiger partial charge in [-0.25, -0.2) is 9.37 Å². The fraction of sp³-hybridized carbons (Fsp3) is 0.400. The molecule has 0 spiro atoms. The number of hydrogen-bond acceptors (Lipinski definition) is 2. The van der Waals surface area contributed by atoms with Crippen LogP contribution in [0.3, 0.4) is 0 Å². The average molecular weight is 261 g/mol. The first-order chi connectivity index (χ1) is 8.85. The molecule has 0 unspecified atom stereocenters. The number of hydrogen-bond donors (Lipinski definition) is 2. The van der Waals surface area contributed by atoms with E-state index >= 15 is 0 Å². The van der Waals surface area contributed by atoms with Crippen molar-refractivity contribution in [1.29, 1.82) is 0 Å². The van der Waals surface area contributed by atoms with Gasteiger partial charge in [0.25, 0.3) is 0 Å². The Morgan fingerprint density at radius 2 is 2.05 bits per heavy atom. The summed E-state index contributed by atoms with van der Waals surface area (Å²) in [6.45, 7) is 9.00. The third-order valence-corrected chi connectivity index (χ3v) is 2.89. The maximum absolute atomic E-state index is 13.3. The zero-order valence-electron chi connectivity index (χ0n) is 11.8. The second kappa shape index (κ2) is 5.13. The molecule has 0 amide bonds. The monoisotopic (exact) mass is 261 g/mol. The number of aryl methyl sites for hydroxylation is 1. The fourth-order valence-electron chi connectivity index (χ4n) is 1.80. The number of H-pyrrole nitrogens is 1. The molecule has 0 aliphatic heterocycles. The van der Waals surface area contributed by atoms with Crippen LogP contribution in [0.15, 0.2) is 24.4 Å². The Morgan fingerprint density at radius 1 is 1.32 bits per heavy atom. The van der Waals surface area contributed by atoms with Gasteiger partial charge < -0.3 is 10.3 Å². The number of benzene rings is 1. The van der Waals surface area contributed by atoms with Crippen LogP contribution < -0.4 is 5.32 Å². The average Bonchev–Trinajstić information content (AvgIpc) is 2.77. The van der Waals surface area contributed by atoms with E-state index in [0.29, 0.717) is 12.4 Å². The molecule has 0 fully saturated rings. The van der Waals surface area contributed by atoms with Crippen LogP contribution in [0.4, 0.5) is 4.39 Å². The van der Waals surface area contributed by atoms with Gasteiger partial charge in [0.1, 0.15) is 11.6 Å². The van der Waals surface area contributed by atoms with Crippen LogP contribution in [0.25, 0.3) is 11.4 Å². The van der Waals surface area contributed by atoms with Crippen LogP contribution in [0.1, 0.15) is 32.0 Å². The SMILES string of the molecule is Cc1ccc(F)cc1-c1ncc(CNC(C)(C)C)[nH]1. The maximum atomic E-state index is 13.3. The van der Waals surface area contributed by atoms with Crippen molar-refractivity contribution in [2.24, 2.45) is 0 Å². The molecule has 2 rings (SSSR count). The highest BCUT2D eigenvalue weighted by atomic mass is 19.1. The Kier molecular flexibility index (Phi) is 3.71. The third-order valence-electron chi connectivity index (χ3n) is 2.89. The Bertz CT molecular complexity index is 567. The van der Waals surface area contributed by atoms with Crippen molar-refractivity contribution in [2.45, 2.75) is 39.8 Å². The van der Waals surface area contributed by atoms with Crippen molar-refractivity contribution in [3.05, 3.63) is 41.5 Å². The van der Waals surface area contributed by atoms with Gasteiger partial charge in [-0.15, -0.1) is 0 Å². The fourth-order valence-corrected chi connectivity index (χ4v) is 1.80. The molecule has 19 heavy (non-hydrogen) atoms. The van der Waals surface area contributed by atoms with Crippen molar-refractivity contribution in [2.75, 3.05) is 0 Å². The standard InChI is InChI=1S/C15H20FN3/c1-10-5-6-11(16)7-13(10)14-17-8-12(19-14)9-18-15(2,3)4/h5-8,18H,9H2,1-4H3,(H,17,19). The third kappa shape index (κ3) is 3.64. The van der Waals surface area contributed by atoms with E-state index in [1.54, 1.807) is 12.3 Å². The molecule has 0 atom stereocenters. The summed E-state index contributed by atoms with van der Waals surface area (Å²) in [5.41, 5.74) is 2.86. The molecule has 0 bridgehead atoms. The largest absolute Gasteiger partial charge is 0.341 e. The molecule has 0 radical (unpaired) electrons. The van der Waals surface area contributed by atoms with E-state index < -0.39 is 0 Å². The van der Waals surface area contributed by atoms with Crippen LogP contribution in [0.5, 0.6) is 0 Å². The van der Waals surface area contributed by atoms with Crippen molar-refractivity contribution in [3.63, 3.8) is 0 Å². The zero-order chi connectivity index (χ0) is 14.0. The first-order valence-corrected chi connectivity index (χ1v) is 6.40. The van der Waals surface area contributed by atoms with E-state index in [0.717, 1.165) is 16.8 Å². The second-order valence-electron chi connectivity index (χ2n) is 5.82. The van der Waals surface area contributed by atoms with Gasteiger partial charge in [-0.3, -0.25) is 0 Å². The van der Waals surface area contributed by atoms with Crippen LogP contribution in [0.2, 0.25) is 0 Å². The molecule has 2 N–H and O–H groups in total. The molecule has 4 heteroatoms. The summed E-state index contributed by atoms with van der Waals surface area (Å²) in [5.74, 6) is 0.467. The van der Waals surface area contributed by atoms with Gasteiger partial charge in [0.05, 0.1) is 0 Å². The number of aromatic nitrogens is 2. The quantitative estimate of drug-likeness (QED) is 0.889. The van der Waals surface area contributed by atoms with Crippen molar-refractivity contribution >= 4 is 0 Å². The lowest BCUT2D eigenvalue weighted by atomic mass is 10.1. The predicted molar refractivity (Wildman–Crippen MR) is 75.3 cm³/mol. The smallest absolute Gasteiger partial charge is 0.137 e. The Balaban J connectivity index is 2.19. The number of nitrogens with zero attached hydrogens (tertiary/aromatic N) is 1. The van der Waals surface area contributed by atoms with E-state index in [9.17, 15) is 4.39 Å². The van der Waals surface area contributed by atoms with Gasteiger partial charge >= 0.3 is 0 Å². The van der Waals surface area contributed by atoms with Gasteiger partial charge in [-0.2, -0.15) is 0 Å².